The second-order valence-electron chi connectivity index (χ2n) is 7.52. The fourth-order valence-corrected chi connectivity index (χ4v) is 4.39. The van der Waals surface area contributed by atoms with Crippen molar-refractivity contribution in [2.75, 3.05) is 0 Å². The van der Waals surface area contributed by atoms with Crippen LogP contribution in [0.1, 0.15) is 70.8 Å². The van der Waals surface area contributed by atoms with E-state index in [0.717, 1.165) is 24.2 Å². The van der Waals surface area contributed by atoms with Gasteiger partial charge in [-0.15, -0.1) is 0 Å². The van der Waals surface area contributed by atoms with E-state index < -0.39 is 0 Å². The first kappa shape index (κ1) is 15.6. The maximum Gasteiger partial charge on any atom is 0.309 e. The molecule has 0 aromatic carbocycles. The van der Waals surface area contributed by atoms with Crippen LogP contribution in [-0.4, -0.2) is 5.97 Å². The average molecular weight is 304 g/mol. The SMILES string of the molecule is CCC(C)C(=O)O[C@@H]1c2ccoc2C[C@H]2CCC[C@H](C)[C@]21C. The zero-order valence-electron chi connectivity index (χ0n) is 14.2. The second-order valence-corrected chi connectivity index (χ2v) is 7.52. The fourth-order valence-electron chi connectivity index (χ4n) is 4.39. The predicted molar refractivity (Wildman–Crippen MR) is 85.3 cm³/mol. The molecule has 0 N–H and O–H groups in total. The number of hydrogen-bond acceptors (Lipinski definition) is 3. The molecule has 1 aromatic rings. The summed E-state index contributed by atoms with van der Waals surface area (Å²) in [6.45, 7) is 8.63. The Kier molecular flexibility index (Phi) is 4.09. The Labute approximate surface area is 133 Å². The molecule has 1 fully saturated rings. The van der Waals surface area contributed by atoms with Crippen molar-refractivity contribution < 1.29 is 13.9 Å². The van der Waals surface area contributed by atoms with Crippen molar-refractivity contribution in [3.8, 4) is 0 Å². The van der Waals surface area contributed by atoms with Gasteiger partial charge in [-0.1, -0.05) is 40.5 Å². The van der Waals surface area contributed by atoms with Gasteiger partial charge in [-0.2, -0.15) is 0 Å². The van der Waals surface area contributed by atoms with E-state index in [1.54, 1.807) is 6.26 Å². The van der Waals surface area contributed by atoms with Crippen molar-refractivity contribution in [1.82, 2.24) is 0 Å². The van der Waals surface area contributed by atoms with Gasteiger partial charge in [-0.05, 0) is 30.7 Å². The molecule has 1 heterocycles. The highest BCUT2D eigenvalue weighted by atomic mass is 16.5. The first-order valence-electron chi connectivity index (χ1n) is 8.75. The fraction of sp³-hybridized carbons (Fsp3) is 0.737. The minimum Gasteiger partial charge on any atom is -0.469 e. The number of ether oxygens (including phenoxy) is 1. The molecule has 2 aliphatic carbocycles. The molecule has 1 saturated carbocycles. The standard InChI is InChI=1S/C19H28O3/c1-5-12(2)18(20)22-17-15-9-10-21-16(15)11-14-8-6-7-13(3)19(14,17)4/h9-10,12-14,17H,5-8,11H2,1-4H3/t12?,13-,14+,17+,19+/m0/s1. The van der Waals surface area contributed by atoms with Gasteiger partial charge in [0.05, 0.1) is 12.2 Å². The number of esters is 1. The van der Waals surface area contributed by atoms with Crippen molar-refractivity contribution in [3.05, 3.63) is 23.7 Å². The van der Waals surface area contributed by atoms with Gasteiger partial charge in [-0.25, -0.2) is 0 Å². The van der Waals surface area contributed by atoms with E-state index in [9.17, 15) is 4.79 Å². The van der Waals surface area contributed by atoms with E-state index in [1.807, 2.05) is 19.9 Å². The summed E-state index contributed by atoms with van der Waals surface area (Å²) in [6.07, 6.45) is 7.09. The lowest BCUT2D eigenvalue weighted by molar-refractivity contribution is -0.173. The summed E-state index contributed by atoms with van der Waals surface area (Å²) in [4.78, 5) is 12.4. The molecule has 0 spiro atoms. The van der Waals surface area contributed by atoms with Gasteiger partial charge in [0.1, 0.15) is 11.9 Å². The molecule has 0 radical (unpaired) electrons. The van der Waals surface area contributed by atoms with E-state index in [-0.39, 0.29) is 23.4 Å². The normalized spacial score (nSPS) is 35.4. The van der Waals surface area contributed by atoms with Crippen LogP contribution < -0.4 is 0 Å². The van der Waals surface area contributed by atoms with Crippen molar-refractivity contribution >= 4 is 5.97 Å². The molecule has 0 amide bonds. The van der Waals surface area contributed by atoms with Gasteiger partial charge < -0.3 is 9.15 Å². The molecule has 3 nitrogen and oxygen atoms in total. The Bertz CT molecular complexity index is 547. The van der Waals surface area contributed by atoms with Crippen LogP contribution in [0.4, 0.5) is 0 Å². The van der Waals surface area contributed by atoms with Crippen LogP contribution in [0.3, 0.4) is 0 Å². The van der Waals surface area contributed by atoms with Crippen LogP contribution in [0.5, 0.6) is 0 Å². The third-order valence-electron chi connectivity index (χ3n) is 6.44. The first-order valence-corrected chi connectivity index (χ1v) is 8.75. The van der Waals surface area contributed by atoms with Crippen molar-refractivity contribution in [2.24, 2.45) is 23.2 Å². The van der Waals surface area contributed by atoms with E-state index in [0.29, 0.717) is 11.8 Å². The Morgan fingerprint density at radius 1 is 1.50 bits per heavy atom. The number of fused-ring (bicyclic) bond motifs is 2. The minimum atomic E-state index is -0.156. The number of furan rings is 1. The molecule has 5 atom stereocenters. The highest BCUT2D eigenvalue weighted by molar-refractivity contribution is 5.72. The van der Waals surface area contributed by atoms with Crippen LogP contribution in [0.25, 0.3) is 0 Å². The second kappa shape index (κ2) is 5.75. The van der Waals surface area contributed by atoms with Crippen LogP contribution in [-0.2, 0) is 16.0 Å². The predicted octanol–water partition coefficient (Wildman–Crippen LogP) is 4.91. The molecular weight excluding hydrogens is 276 g/mol. The molecule has 2 aliphatic rings. The monoisotopic (exact) mass is 304 g/mol. The number of rotatable bonds is 3. The van der Waals surface area contributed by atoms with Gasteiger partial charge in [0, 0.05) is 17.4 Å². The summed E-state index contributed by atoms with van der Waals surface area (Å²) in [7, 11) is 0. The summed E-state index contributed by atoms with van der Waals surface area (Å²) in [5, 5.41) is 0. The van der Waals surface area contributed by atoms with Gasteiger partial charge >= 0.3 is 5.97 Å². The lowest BCUT2D eigenvalue weighted by Crippen LogP contribution is -2.47. The highest BCUT2D eigenvalue weighted by Crippen LogP contribution is 2.58. The summed E-state index contributed by atoms with van der Waals surface area (Å²) in [6, 6.07) is 2.01. The number of hydrogen-bond donors (Lipinski definition) is 0. The summed E-state index contributed by atoms with van der Waals surface area (Å²) >= 11 is 0. The van der Waals surface area contributed by atoms with Gasteiger partial charge in [0.2, 0.25) is 0 Å². The molecular formula is C19H28O3. The van der Waals surface area contributed by atoms with E-state index in [4.69, 9.17) is 9.15 Å². The zero-order chi connectivity index (χ0) is 15.9. The Hall–Kier alpha value is -1.25. The highest BCUT2D eigenvalue weighted by Gasteiger charge is 2.54. The Morgan fingerprint density at radius 3 is 3.00 bits per heavy atom. The molecule has 0 aliphatic heterocycles. The lowest BCUT2D eigenvalue weighted by Gasteiger charge is -2.52. The summed E-state index contributed by atoms with van der Waals surface area (Å²) < 4.78 is 11.8. The number of carbonyl (C=O) groups excluding carboxylic acids is 1. The smallest absolute Gasteiger partial charge is 0.309 e. The molecule has 1 unspecified atom stereocenters. The maximum atomic E-state index is 12.4. The van der Waals surface area contributed by atoms with Crippen molar-refractivity contribution in [2.45, 2.75) is 65.9 Å². The zero-order valence-corrected chi connectivity index (χ0v) is 14.2. The molecule has 22 heavy (non-hydrogen) atoms. The third kappa shape index (κ3) is 2.29. The third-order valence-corrected chi connectivity index (χ3v) is 6.44. The van der Waals surface area contributed by atoms with Crippen LogP contribution in [0.15, 0.2) is 16.7 Å². The average Bonchev–Trinajstić information content (AvgIpc) is 2.96. The Balaban J connectivity index is 1.97. The number of carbonyl (C=O) groups is 1. The lowest BCUT2D eigenvalue weighted by atomic mass is 9.54. The van der Waals surface area contributed by atoms with Gasteiger partial charge in [0.15, 0.2) is 0 Å². The van der Waals surface area contributed by atoms with Crippen LogP contribution >= 0.6 is 0 Å². The van der Waals surface area contributed by atoms with Crippen molar-refractivity contribution in [1.29, 1.82) is 0 Å². The van der Waals surface area contributed by atoms with E-state index >= 15 is 0 Å². The molecule has 0 saturated heterocycles. The first-order chi connectivity index (χ1) is 10.5. The van der Waals surface area contributed by atoms with Crippen LogP contribution in [0.2, 0.25) is 0 Å². The van der Waals surface area contributed by atoms with Crippen molar-refractivity contribution in [3.63, 3.8) is 0 Å². The maximum absolute atomic E-state index is 12.4. The topological polar surface area (TPSA) is 39.4 Å². The molecule has 3 heteroatoms. The minimum absolute atomic E-state index is 0.0260. The van der Waals surface area contributed by atoms with Gasteiger partial charge in [-0.3, -0.25) is 4.79 Å². The summed E-state index contributed by atoms with van der Waals surface area (Å²) in [5.41, 5.74) is 1.13. The molecule has 122 valence electrons. The van der Waals surface area contributed by atoms with E-state index in [2.05, 4.69) is 13.8 Å². The molecule has 3 rings (SSSR count). The Morgan fingerprint density at radius 2 is 2.27 bits per heavy atom. The quantitative estimate of drug-likeness (QED) is 0.745. The largest absolute Gasteiger partial charge is 0.469 e. The molecule has 0 bridgehead atoms. The van der Waals surface area contributed by atoms with Crippen LogP contribution in [0, 0.1) is 23.2 Å². The van der Waals surface area contributed by atoms with E-state index in [1.165, 1.54) is 19.3 Å². The van der Waals surface area contributed by atoms with Gasteiger partial charge in [0.25, 0.3) is 0 Å². The molecule has 1 aromatic heterocycles. The summed E-state index contributed by atoms with van der Waals surface area (Å²) in [5.74, 6) is 2.02.